The van der Waals surface area contributed by atoms with Gasteiger partial charge in [-0.2, -0.15) is 5.26 Å². The highest BCUT2D eigenvalue weighted by Gasteiger charge is 2.14. The number of benzene rings is 2. The molecular formula is C23H25N5OS. The van der Waals surface area contributed by atoms with Gasteiger partial charge in [-0.15, -0.1) is 0 Å². The van der Waals surface area contributed by atoms with Crippen LogP contribution in [0.4, 0.5) is 11.4 Å². The summed E-state index contributed by atoms with van der Waals surface area (Å²) < 4.78 is 2.02. The van der Waals surface area contributed by atoms with Crippen LogP contribution in [0.15, 0.2) is 53.7 Å². The molecule has 2 aromatic carbocycles. The third kappa shape index (κ3) is 4.77. The summed E-state index contributed by atoms with van der Waals surface area (Å²) in [5, 5.41) is 12.7. The van der Waals surface area contributed by atoms with Gasteiger partial charge in [0, 0.05) is 31.0 Å². The SMILES string of the molecule is N#CCCn1c(SCC(=O)Nc2ccc(N3CCCCC3)cc2)nc2ccccc21. The lowest BCUT2D eigenvalue weighted by molar-refractivity contribution is -0.113. The molecule has 1 aliphatic heterocycles. The Balaban J connectivity index is 1.37. The predicted octanol–water partition coefficient (Wildman–Crippen LogP) is 4.67. The molecule has 1 aliphatic rings. The van der Waals surface area contributed by atoms with Crippen LogP contribution in [0.3, 0.4) is 0 Å². The highest BCUT2D eigenvalue weighted by molar-refractivity contribution is 7.99. The Hall–Kier alpha value is -2.98. The second kappa shape index (κ2) is 9.68. The smallest absolute Gasteiger partial charge is 0.234 e. The van der Waals surface area contributed by atoms with Crippen molar-refractivity contribution in [3.8, 4) is 6.07 Å². The van der Waals surface area contributed by atoms with Crippen LogP contribution < -0.4 is 10.2 Å². The number of hydrogen-bond acceptors (Lipinski definition) is 5. The fourth-order valence-corrected chi connectivity index (χ4v) is 4.62. The lowest BCUT2D eigenvalue weighted by Gasteiger charge is -2.28. The van der Waals surface area contributed by atoms with Gasteiger partial charge in [0.05, 0.1) is 29.3 Å². The summed E-state index contributed by atoms with van der Waals surface area (Å²) >= 11 is 1.40. The zero-order valence-electron chi connectivity index (χ0n) is 16.9. The molecule has 30 heavy (non-hydrogen) atoms. The molecule has 0 radical (unpaired) electrons. The topological polar surface area (TPSA) is 74.0 Å². The van der Waals surface area contributed by atoms with E-state index < -0.39 is 0 Å². The number of nitrogens with zero attached hydrogens (tertiary/aromatic N) is 4. The van der Waals surface area contributed by atoms with Gasteiger partial charge in [-0.05, 0) is 55.7 Å². The lowest BCUT2D eigenvalue weighted by atomic mass is 10.1. The quantitative estimate of drug-likeness (QED) is 0.563. The molecule has 2 heterocycles. The van der Waals surface area contributed by atoms with Crippen molar-refractivity contribution in [2.45, 2.75) is 37.4 Å². The number of imidazole rings is 1. The van der Waals surface area contributed by atoms with E-state index in [0.717, 1.165) is 35.0 Å². The molecule has 4 rings (SSSR count). The van der Waals surface area contributed by atoms with Gasteiger partial charge in [0.1, 0.15) is 0 Å². The van der Waals surface area contributed by atoms with Crippen LogP contribution in [0.1, 0.15) is 25.7 Å². The van der Waals surface area contributed by atoms with Crippen molar-refractivity contribution in [2.75, 3.05) is 29.1 Å². The Kier molecular flexibility index (Phi) is 6.55. The minimum Gasteiger partial charge on any atom is -0.372 e. The third-order valence-electron chi connectivity index (χ3n) is 5.27. The van der Waals surface area contributed by atoms with Crippen LogP contribution in [0, 0.1) is 11.3 Å². The fraction of sp³-hybridized carbons (Fsp3) is 0.348. The van der Waals surface area contributed by atoms with Gasteiger partial charge < -0.3 is 14.8 Å². The minimum absolute atomic E-state index is 0.0652. The van der Waals surface area contributed by atoms with E-state index in [1.54, 1.807) is 0 Å². The summed E-state index contributed by atoms with van der Waals surface area (Å²) in [6.45, 7) is 2.78. The average Bonchev–Trinajstić information content (AvgIpc) is 3.15. The second-order valence-corrected chi connectivity index (χ2v) is 8.32. The summed E-state index contributed by atoms with van der Waals surface area (Å²) in [6.07, 6.45) is 4.21. The van der Waals surface area contributed by atoms with Crippen molar-refractivity contribution >= 4 is 40.1 Å². The van der Waals surface area contributed by atoms with E-state index in [1.165, 1.54) is 36.7 Å². The number of amides is 1. The molecule has 154 valence electrons. The van der Waals surface area contributed by atoms with E-state index in [0.29, 0.717) is 13.0 Å². The Morgan fingerprint density at radius 2 is 1.87 bits per heavy atom. The minimum atomic E-state index is -0.0652. The van der Waals surface area contributed by atoms with Crippen molar-refractivity contribution in [3.63, 3.8) is 0 Å². The van der Waals surface area contributed by atoms with Crippen molar-refractivity contribution in [3.05, 3.63) is 48.5 Å². The molecule has 1 N–H and O–H groups in total. The molecule has 0 spiro atoms. The Bertz CT molecular complexity index is 1050. The molecule has 3 aromatic rings. The Morgan fingerprint density at radius 1 is 1.10 bits per heavy atom. The molecule has 1 aromatic heterocycles. The van der Waals surface area contributed by atoms with Crippen molar-refractivity contribution < 1.29 is 4.79 Å². The molecular weight excluding hydrogens is 394 g/mol. The van der Waals surface area contributed by atoms with Gasteiger partial charge in [-0.1, -0.05) is 23.9 Å². The van der Waals surface area contributed by atoms with Gasteiger partial charge in [0.25, 0.3) is 0 Å². The number of aryl methyl sites for hydroxylation is 1. The first-order valence-electron chi connectivity index (χ1n) is 10.3. The van der Waals surface area contributed by atoms with Crippen LogP contribution in [-0.2, 0) is 11.3 Å². The number of carbonyl (C=O) groups is 1. The highest BCUT2D eigenvalue weighted by atomic mass is 32.2. The average molecular weight is 420 g/mol. The Morgan fingerprint density at radius 3 is 2.63 bits per heavy atom. The molecule has 6 nitrogen and oxygen atoms in total. The number of nitrogens with one attached hydrogen (secondary N) is 1. The summed E-state index contributed by atoms with van der Waals surface area (Å²) in [5.74, 6) is 0.202. The van der Waals surface area contributed by atoms with Crippen LogP contribution >= 0.6 is 11.8 Å². The number of fused-ring (bicyclic) bond motifs is 1. The zero-order valence-corrected chi connectivity index (χ0v) is 17.7. The zero-order chi connectivity index (χ0) is 20.8. The van der Waals surface area contributed by atoms with Crippen LogP contribution in [0.25, 0.3) is 11.0 Å². The summed E-state index contributed by atoms with van der Waals surface area (Å²) in [6, 6.07) is 18.1. The highest BCUT2D eigenvalue weighted by Crippen LogP contribution is 2.25. The number of para-hydroxylation sites is 2. The first kappa shape index (κ1) is 20.3. The Labute approximate surface area is 180 Å². The van der Waals surface area contributed by atoms with Crippen molar-refractivity contribution in [2.24, 2.45) is 0 Å². The molecule has 1 saturated heterocycles. The first-order chi connectivity index (χ1) is 14.7. The summed E-state index contributed by atoms with van der Waals surface area (Å²) in [7, 11) is 0. The van der Waals surface area contributed by atoms with Gasteiger partial charge in [0.15, 0.2) is 5.16 Å². The third-order valence-corrected chi connectivity index (χ3v) is 6.25. The number of thioether (sulfide) groups is 1. The normalized spacial score (nSPS) is 13.9. The fourth-order valence-electron chi connectivity index (χ4n) is 3.78. The van der Waals surface area contributed by atoms with Crippen molar-refractivity contribution in [1.29, 1.82) is 5.26 Å². The van der Waals surface area contributed by atoms with E-state index in [1.807, 2.05) is 41.0 Å². The number of carbonyl (C=O) groups excluding carboxylic acids is 1. The molecule has 0 atom stereocenters. The molecule has 0 unspecified atom stereocenters. The standard InChI is InChI=1S/C23H25N5OS/c24-13-6-16-28-21-8-3-2-7-20(21)26-23(28)30-17-22(29)25-18-9-11-19(12-10-18)27-14-4-1-5-15-27/h2-3,7-12H,1,4-6,14-17H2,(H,25,29). The summed E-state index contributed by atoms with van der Waals surface area (Å²) in [5.41, 5.74) is 3.89. The van der Waals surface area contributed by atoms with Gasteiger partial charge in [-0.3, -0.25) is 4.79 Å². The summed E-state index contributed by atoms with van der Waals surface area (Å²) in [4.78, 5) is 19.5. The number of anilines is 2. The number of rotatable bonds is 7. The number of nitriles is 1. The molecule has 0 bridgehead atoms. The van der Waals surface area contributed by atoms with Gasteiger partial charge >= 0.3 is 0 Å². The first-order valence-corrected chi connectivity index (χ1v) is 11.3. The van der Waals surface area contributed by atoms with E-state index in [4.69, 9.17) is 5.26 Å². The number of piperidine rings is 1. The van der Waals surface area contributed by atoms with Crippen LogP contribution in [0.5, 0.6) is 0 Å². The molecule has 1 amide bonds. The maximum Gasteiger partial charge on any atom is 0.234 e. The molecule has 0 aliphatic carbocycles. The van der Waals surface area contributed by atoms with E-state index >= 15 is 0 Å². The maximum absolute atomic E-state index is 12.5. The van der Waals surface area contributed by atoms with Crippen LogP contribution in [-0.4, -0.2) is 34.3 Å². The lowest BCUT2D eigenvalue weighted by Crippen LogP contribution is -2.29. The molecule has 0 saturated carbocycles. The maximum atomic E-state index is 12.5. The second-order valence-electron chi connectivity index (χ2n) is 7.37. The van der Waals surface area contributed by atoms with E-state index in [9.17, 15) is 4.79 Å². The van der Waals surface area contributed by atoms with Gasteiger partial charge in [0.2, 0.25) is 5.91 Å². The molecule has 1 fully saturated rings. The monoisotopic (exact) mass is 419 g/mol. The predicted molar refractivity (Wildman–Crippen MR) is 122 cm³/mol. The van der Waals surface area contributed by atoms with Crippen molar-refractivity contribution in [1.82, 2.24) is 9.55 Å². The number of aromatic nitrogens is 2. The van der Waals surface area contributed by atoms with E-state index in [-0.39, 0.29) is 11.7 Å². The number of hydrogen-bond donors (Lipinski definition) is 1. The van der Waals surface area contributed by atoms with E-state index in [2.05, 4.69) is 33.4 Å². The largest absolute Gasteiger partial charge is 0.372 e. The molecule has 7 heteroatoms. The van der Waals surface area contributed by atoms with Gasteiger partial charge in [-0.25, -0.2) is 4.98 Å². The van der Waals surface area contributed by atoms with Crippen LogP contribution in [0.2, 0.25) is 0 Å².